The van der Waals surface area contributed by atoms with Gasteiger partial charge in [0, 0.05) is 11.8 Å². The smallest absolute Gasteiger partial charge is 0.141 e. The lowest BCUT2D eigenvalue weighted by atomic mass is 10.1. The molecule has 1 aromatic carbocycles. The largest absolute Gasteiger partial charge is 0.456 e. The molecule has 0 aliphatic carbocycles. The molecule has 0 aliphatic rings. The lowest BCUT2D eigenvalue weighted by Gasteiger charge is -2.13. The zero-order chi connectivity index (χ0) is 14.9. The Kier molecular flexibility index (Phi) is 3.70. The van der Waals surface area contributed by atoms with Crippen LogP contribution in [0.3, 0.4) is 0 Å². The number of nitrogens with zero attached hydrogens (tertiary/aromatic N) is 1. The van der Waals surface area contributed by atoms with E-state index in [9.17, 15) is 4.39 Å². The standard InChI is InChI=1S/C15H16FN3O/c1-8-6-11(4-5-12(8)16)20-13-7-9(2)19-10(3)14(13)15(17)18/h4-7H,1-3H3,(H3,17,18). The molecular weight excluding hydrogens is 257 g/mol. The number of nitrogens with one attached hydrogen (secondary N) is 1. The van der Waals surface area contributed by atoms with Gasteiger partial charge in [-0.25, -0.2) is 4.39 Å². The van der Waals surface area contributed by atoms with Crippen LogP contribution in [-0.4, -0.2) is 10.8 Å². The van der Waals surface area contributed by atoms with Crippen LogP contribution in [0.2, 0.25) is 0 Å². The fourth-order valence-corrected chi connectivity index (χ4v) is 2.01. The highest BCUT2D eigenvalue weighted by molar-refractivity contribution is 5.98. The van der Waals surface area contributed by atoms with Gasteiger partial charge < -0.3 is 10.5 Å². The number of nitrogens with two attached hydrogens (primary N) is 1. The number of amidine groups is 1. The van der Waals surface area contributed by atoms with Crippen LogP contribution < -0.4 is 10.5 Å². The van der Waals surface area contributed by atoms with Crippen LogP contribution in [0, 0.1) is 32.0 Å². The lowest BCUT2D eigenvalue weighted by Crippen LogP contribution is -2.15. The van der Waals surface area contributed by atoms with E-state index in [1.807, 2.05) is 6.92 Å². The van der Waals surface area contributed by atoms with Crippen molar-refractivity contribution >= 4 is 5.84 Å². The van der Waals surface area contributed by atoms with Crippen LogP contribution in [0.4, 0.5) is 4.39 Å². The summed E-state index contributed by atoms with van der Waals surface area (Å²) in [5.74, 6) is 0.556. The second-order valence-electron chi connectivity index (χ2n) is 4.65. The van der Waals surface area contributed by atoms with Crippen LogP contribution in [0.25, 0.3) is 0 Å². The summed E-state index contributed by atoms with van der Waals surface area (Å²) in [5, 5.41) is 7.63. The van der Waals surface area contributed by atoms with E-state index < -0.39 is 0 Å². The molecule has 0 amide bonds. The Morgan fingerprint density at radius 1 is 1.25 bits per heavy atom. The summed E-state index contributed by atoms with van der Waals surface area (Å²) >= 11 is 0. The molecule has 0 saturated carbocycles. The third-order valence-corrected chi connectivity index (χ3v) is 2.92. The lowest BCUT2D eigenvalue weighted by molar-refractivity contribution is 0.476. The molecule has 20 heavy (non-hydrogen) atoms. The van der Waals surface area contributed by atoms with E-state index in [2.05, 4.69) is 4.98 Å². The molecule has 5 heteroatoms. The molecule has 104 valence electrons. The van der Waals surface area contributed by atoms with Crippen molar-refractivity contribution in [2.45, 2.75) is 20.8 Å². The predicted octanol–water partition coefficient (Wildman–Crippen LogP) is 3.22. The Bertz CT molecular complexity index is 683. The number of hydrogen-bond acceptors (Lipinski definition) is 3. The first-order valence-electron chi connectivity index (χ1n) is 6.15. The van der Waals surface area contributed by atoms with Crippen LogP contribution >= 0.6 is 0 Å². The number of halogens is 1. The quantitative estimate of drug-likeness (QED) is 0.666. The summed E-state index contributed by atoms with van der Waals surface area (Å²) in [4.78, 5) is 4.27. The molecule has 0 radical (unpaired) electrons. The molecule has 3 N–H and O–H groups in total. The van der Waals surface area contributed by atoms with Crippen molar-refractivity contribution in [1.82, 2.24) is 4.98 Å². The Morgan fingerprint density at radius 3 is 2.55 bits per heavy atom. The molecule has 0 unspecified atom stereocenters. The maximum absolute atomic E-state index is 13.3. The molecule has 0 fully saturated rings. The van der Waals surface area contributed by atoms with Crippen LogP contribution in [0.1, 0.15) is 22.5 Å². The van der Waals surface area contributed by atoms with Gasteiger partial charge in [-0.2, -0.15) is 0 Å². The van der Waals surface area contributed by atoms with E-state index in [4.69, 9.17) is 15.9 Å². The van der Waals surface area contributed by atoms with E-state index in [1.165, 1.54) is 12.1 Å². The Balaban J connectivity index is 2.47. The van der Waals surface area contributed by atoms with Gasteiger partial charge in [0.25, 0.3) is 0 Å². The molecule has 0 saturated heterocycles. The summed E-state index contributed by atoms with van der Waals surface area (Å²) in [6.45, 7) is 5.27. The number of ether oxygens (including phenoxy) is 1. The topological polar surface area (TPSA) is 72.0 Å². The molecule has 0 atom stereocenters. The number of hydrogen-bond donors (Lipinski definition) is 2. The summed E-state index contributed by atoms with van der Waals surface area (Å²) in [6, 6.07) is 6.20. The third-order valence-electron chi connectivity index (χ3n) is 2.92. The zero-order valence-electron chi connectivity index (χ0n) is 11.6. The van der Waals surface area contributed by atoms with Gasteiger partial charge in [0.15, 0.2) is 0 Å². The molecule has 0 spiro atoms. The number of aryl methyl sites for hydroxylation is 3. The normalized spacial score (nSPS) is 10.4. The van der Waals surface area contributed by atoms with Crippen molar-refractivity contribution in [3.63, 3.8) is 0 Å². The predicted molar refractivity (Wildman–Crippen MR) is 75.9 cm³/mol. The number of pyridine rings is 1. The second kappa shape index (κ2) is 5.28. The SMILES string of the molecule is Cc1cc(Oc2ccc(F)c(C)c2)c(C(=N)N)c(C)n1. The number of rotatable bonds is 3. The van der Waals surface area contributed by atoms with Crippen LogP contribution in [0.5, 0.6) is 11.5 Å². The van der Waals surface area contributed by atoms with Crippen molar-refractivity contribution in [2.75, 3.05) is 0 Å². The maximum atomic E-state index is 13.3. The number of benzene rings is 1. The van der Waals surface area contributed by atoms with E-state index in [-0.39, 0.29) is 11.7 Å². The van der Waals surface area contributed by atoms with Crippen LogP contribution in [-0.2, 0) is 0 Å². The van der Waals surface area contributed by atoms with Crippen LogP contribution in [0.15, 0.2) is 24.3 Å². The summed E-state index contributed by atoms with van der Waals surface area (Å²) in [5.41, 5.74) is 7.92. The fraction of sp³-hybridized carbons (Fsp3) is 0.200. The van der Waals surface area contributed by atoms with Gasteiger partial charge in [-0.05, 0) is 44.5 Å². The van der Waals surface area contributed by atoms with Crippen molar-refractivity contribution in [1.29, 1.82) is 5.41 Å². The van der Waals surface area contributed by atoms with Gasteiger partial charge in [-0.15, -0.1) is 0 Å². The van der Waals surface area contributed by atoms with Crippen molar-refractivity contribution in [3.8, 4) is 11.5 Å². The molecule has 2 aromatic rings. The molecule has 1 aromatic heterocycles. The molecule has 0 aliphatic heterocycles. The highest BCUT2D eigenvalue weighted by atomic mass is 19.1. The summed E-state index contributed by atoms with van der Waals surface area (Å²) < 4.78 is 19.0. The van der Waals surface area contributed by atoms with Gasteiger partial charge >= 0.3 is 0 Å². The first-order valence-corrected chi connectivity index (χ1v) is 6.15. The second-order valence-corrected chi connectivity index (χ2v) is 4.65. The molecule has 2 rings (SSSR count). The van der Waals surface area contributed by atoms with Gasteiger partial charge in [0.05, 0.1) is 11.3 Å². The Labute approximate surface area is 116 Å². The molecule has 4 nitrogen and oxygen atoms in total. The van der Waals surface area contributed by atoms with Gasteiger partial charge in [-0.1, -0.05) is 0 Å². The minimum absolute atomic E-state index is 0.108. The number of nitrogen functional groups attached to an aromatic ring is 1. The van der Waals surface area contributed by atoms with Gasteiger partial charge in [0.2, 0.25) is 0 Å². The summed E-state index contributed by atoms with van der Waals surface area (Å²) in [6.07, 6.45) is 0. The average molecular weight is 273 g/mol. The molecule has 1 heterocycles. The monoisotopic (exact) mass is 273 g/mol. The van der Waals surface area contributed by atoms with E-state index >= 15 is 0 Å². The highest BCUT2D eigenvalue weighted by Crippen LogP contribution is 2.28. The molecular formula is C15H16FN3O. The first kappa shape index (κ1) is 14.0. The third kappa shape index (κ3) is 2.77. The Morgan fingerprint density at radius 2 is 1.95 bits per heavy atom. The Hall–Kier alpha value is -2.43. The van der Waals surface area contributed by atoms with E-state index in [1.54, 1.807) is 26.0 Å². The number of aromatic nitrogens is 1. The maximum Gasteiger partial charge on any atom is 0.141 e. The average Bonchev–Trinajstić information content (AvgIpc) is 2.32. The summed E-state index contributed by atoms with van der Waals surface area (Å²) in [7, 11) is 0. The van der Waals surface area contributed by atoms with Crippen molar-refractivity contribution < 1.29 is 9.13 Å². The highest BCUT2D eigenvalue weighted by Gasteiger charge is 2.13. The van der Waals surface area contributed by atoms with E-state index in [0.717, 1.165) is 5.69 Å². The first-order chi connectivity index (χ1) is 9.38. The van der Waals surface area contributed by atoms with Crippen molar-refractivity contribution in [3.05, 3.63) is 52.6 Å². The van der Waals surface area contributed by atoms with E-state index in [0.29, 0.717) is 28.3 Å². The zero-order valence-corrected chi connectivity index (χ0v) is 11.6. The van der Waals surface area contributed by atoms with Crippen molar-refractivity contribution in [2.24, 2.45) is 5.73 Å². The minimum Gasteiger partial charge on any atom is -0.456 e. The minimum atomic E-state index is -0.286. The fourth-order valence-electron chi connectivity index (χ4n) is 2.01. The molecule has 0 bridgehead atoms. The van der Waals surface area contributed by atoms with Gasteiger partial charge in [-0.3, -0.25) is 10.4 Å². The van der Waals surface area contributed by atoms with Gasteiger partial charge in [0.1, 0.15) is 23.2 Å².